The number of fused-ring (bicyclic) bond motifs is 3. The third kappa shape index (κ3) is 7.43. The average Bonchev–Trinajstić information content (AvgIpc) is 3.77. The third-order valence-electron chi connectivity index (χ3n) is 11.7. The Kier molecular flexibility index (Phi) is 9.97. The minimum atomic E-state index is -4.73. The minimum absolute atomic E-state index is 0.0184. The molecule has 298 valence electrons. The number of nitrogens with zero attached hydrogens (tertiary/aromatic N) is 7. The third-order valence-corrected chi connectivity index (χ3v) is 11.7. The fourth-order valence-corrected chi connectivity index (χ4v) is 8.82. The lowest BCUT2D eigenvalue weighted by Crippen LogP contribution is -2.43. The number of halogens is 5. The second kappa shape index (κ2) is 14.6. The van der Waals surface area contributed by atoms with Gasteiger partial charge in [-0.1, -0.05) is 11.8 Å². The van der Waals surface area contributed by atoms with Crippen LogP contribution in [0.15, 0.2) is 24.3 Å². The first-order valence-electron chi connectivity index (χ1n) is 19.2. The molecule has 56 heavy (non-hydrogen) atoms. The van der Waals surface area contributed by atoms with Crippen molar-refractivity contribution >= 4 is 17.4 Å². The highest BCUT2D eigenvalue weighted by Crippen LogP contribution is 2.45. The van der Waals surface area contributed by atoms with Crippen molar-refractivity contribution in [2.24, 2.45) is 11.8 Å². The van der Waals surface area contributed by atoms with Crippen molar-refractivity contribution in [1.82, 2.24) is 29.5 Å². The number of nitrogen functional groups attached to an aromatic ring is 1. The van der Waals surface area contributed by atoms with Gasteiger partial charge in [-0.15, -0.1) is 0 Å². The van der Waals surface area contributed by atoms with Crippen LogP contribution in [0.5, 0.6) is 6.01 Å². The molecule has 3 fully saturated rings. The Labute approximate surface area is 322 Å². The predicted molar refractivity (Wildman–Crippen MR) is 197 cm³/mol. The molecule has 8 rings (SSSR count). The van der Waals surface area contributed by atoms with Crippen molar-refractivity contribution in [3.05, 3.63) is 69.2 Å². The van der Waals surface area contributed by atoms with E-state index < -0.39 is 29.5 Å². The topological polar surface area (TPSA) is 115 Å². The highest BCUT2D eigenvalue weighted by Gasteiger charge is 2.49. The number of benzene rings is 1. The number of hydrogen-bond donors (Lipinski definition) is 1. The van der Waals surface area contributed by atoms with Crippen molar-refractivity contribution in [3.63, 3.8) is 0 Å². The van der Waals surface area contributed by atoms with Crippen LogP contribution in [-0.2, 0) is 37.0 Å². The summed E-state index contributed by atoms with van der Waals surface area (Å²) >= 11 is 0. The summed E-state index contributed by atoms with van der Waals surface area (Å²) in [7, 11) is 3.35. The Morgan fingerprint density at radius 3 is 2.70 bits per heavy atom. The quantitative estimate of drug-likeness (QED) is 0.168. The van der Waals surface area contributed by atoms with Crippen LogP contribution in [-0.4, -0.2) is 81.3 Å². The molecule has 1 aromatic carbocycles. The first-order chi connectivity index (χ1) is 26.7. The van der Waals surface area contributed by atoms with E-state index in [0.717, 1.165) is 49.6 Å². The molecule has 0 bridgehead atoms. The van der Waals surface area contributed by atoms with Gasteiger partial charge in [-0.25, -0.2) is 0 Å². The van der Waals surface area contributed by atoms with E-state index in [1.807, 2.05) is 11.6 Å². The van der Waals surface area contributed by atoms with Gasteiger partial charge in [0.2, 0.25) is 0 Å². The predicted octanol–water partition coefficient (Wildman–Crippen LogP) is 6.28. The van der Waals surface area contributed by atoms with Crippen LogP contribution < -0.4 is 15.4 Å². The van der Waals surface area contributed by atoms with Gasteiger partial charge in [-0.05, 0) is 81.7 Å². The lowest BCUT2D eigenvalue weighted by atomic mass is 9.91. The molecule has 3 aromatic rings. The van der Waals surface area contributed by atoms with Gasteiger partial charge >= 0.3 is 12.2 Å². The van der Waals surface area contributed by atoms with Gasteiger partial charge in [0, 0.05) is 68.4 Å². The Hall–Kier alpha value is -4.75. The SMILES string of the molecule is Cc1c(C(=O)N(C)C)nn2c1CN(c1nc(OC[C@]34CCCN3C[C@@H](C=C(F)F)C4)nc3c1COC(c1cc(N)cc(C#CC4CC4)c1C(F)(F)F)C3)CCC2. The number of ether oxygens (including phenoxy) is 2. The zero-order chi connectivity index (χ0) is 39.5. The van der Waals surface area contributed by atoms with Crippen LogP contribution >= 0.6 is 0 Å². The summed E-state index contributed by atoms with van der Waals surface area (Å²) < 4.78 is 85.7. The Morgan fingerprint density at radius 2 is 1.96 bits per heavy atom. The summed E-state index contributed by atoms with van der Waals surface area (Å²) in [6.45, 7) is 4.71. The number of anilines is 2. The monoisotopic (exact) mass is 780 g/mol. The van der Waals surface area contributed by atoms with Crippen molar-refractivity contribution < 1.29 is 36.2 Å². The minimum Gasteiger partial charge on any atom is -0.461 e. The van der Waals surface area contributed by atoms with Crippen LogP contribution in [0.1, 0.15) is 94.3 Å². The standard InChI is InChI=1S/C40H45F5N8O3/c1-23-31-20-51(11-5-13-53(31)49-35(23)37(54)50(2)3)36-29-21-55-32(28-16-27(46)15-26(9-8-24-6-7-24)34(28)40(43,44)45)17-30(29)47-38(48-36)56-22-39-10-4-12-52(39)19-25(18-39)14-33(41)42/h14-16,24-25,32H,4-7,10-13,17-22,46H2,1-3H3/t25-,32?,39+/m0/s1. The smallest absolute Gasteiger partial charge is 0.417 e. The van der Waals surface area contributed by atoms with Gasteiger partial charge in [-0.3, -0.25) is 14.4 Å². The first-order valence-corrected chi connectivity index (χ1v) is 19.2. The summed E-state index contributed by atoms with van der Waals surface area (Å²) in [6, 6.07) is 2.63. The van der Waals surface area contributed by atoms with E-state index >= 15 is 0 Å². The maximum Gasteiger partial charge on any atom is 0.417 e. The first kappa shape index (κ1) is 38.1. The highest BCUT2D eigenvalue weighted by atomic mass is 19.4. The second-order valence-corrected chi connectivity index (χ2v) is 15.9. The molecular weight excluding hydrogens is 735 g/mol. The van der Waals surface area contributed by atoms with Gasteiger partial charge < -0.3 is 25.0 Å². The summed E-state index contributed by atoms with van der Waals surface area (Å²) in [5, 5.41) is 4.65. The van der Waals surface area contributed by atoms with E-state index in [4.69, 9.17) is 25.2 Å². The Balaban J connectivity index is 1.17. The van der Waals surface area contributed by atoms with Gasteiger partial charge in [0.05, 0.1) is 41.7 Å². The molecule has 5 aliphatic rings. The summed E-state index contributed by atoms with van der Waals surface area (Å²) in [5.41, 5.74) is 7.80. The van der Waals surface area contributed by atoms with E-state index in [0.29, 0.717) is 61.8 Å². The molecule has 2 aromatic heterocycles. The van der Waals surface area contributed by atoms with Crippen LogP contribution in [0.4, 0.5) is 33.5 Å². The molecule has 3 atom stereocenters. The molecule has 2 N–H and O–H groups in total. The molecule has 1 amide bonds. The molecule has 16 heteroatoms. The number of carbonyl (C=O) groups is 1. The van der Waals surface area contributed by atoms with Crippen molar-refractivity contribution in [2.45, 2.75) is 89.4 Å². The number of amides is 1. The number of nitrogens with two attached hydrogens (primary N) is 1. The van der Waals surface area contributed by atoms with Gasteiger partial charge in [0.1, 0.15) is 12.4 Å². The fourth-order valence-electron chi connectivity index (χ4n) is 8.82. The molecule has 4 aliphatic heterocycles. The Bertz CT molecular complexity index is 2130. The molecule has 1 aliphatic carbocycles. The molecule has 0 spiro atoms. The average molecular weight is 781 g/mol. The van der Waals surface area contributed by atoms with Gasteiger partial charge in [0.15, 0.2) is 5.69 Å². The molecular formula is C40H45F5N8O3. The zero-order valence-corrected chi connectivity index (χ0v) is 31.7. The molecule has 6 heterocycles. The highest BCUT2D eigenvalue weighted by molar-refractivity contribution is 5.93. The molecule has 0 radical (unpaired) electrons. The van der Waals surface area contributed by atoms with Crippen LogP contribution in [0.2, 0.25) is 0 Å². The number of aryl methyl sites for hydroxylation is 1. The van der Waals surface area contributed by atoms with Crippen LogP contribution in [0.25, 0.3) is 0 Å². The molecule has 11 nitrogen and oxygen atoms in total. The fraction of sp³-hybridized carbons (Fsp3) is 0.550. The van der Waals surface area contributed by atoms with E-state index in [9.17, 15) is 26.7 Å². The molecule has 1 saturated carbocycles. The number of aromatic nitrogens is 4. The molecule has 2 saturated heterocycles. The maximum absolute atomic E-state index is 14.8. The van der Waals surface area contributed by atoms with Crippen LogP contribution in [0.3, 0.4) is 0 Å². The van der Waals surface area contributed by atoms with Gasteiger partial charge in [-0.2, -0.15) is 37.0 Å². The molecule has 1 unspecified atom stereocenters. The second-order valence-electron chi connectivity index (χ2n) is 15.9. The largest absolute Gasteiger partial charge is 0.461 e. The van der Waals surface area contributed by atoms with Crippen molar-refractivity contribution in [3.8, 4) is 17.9 Å². The number of hydrogen-bond acceptors (Lipinski definition) is 9. The summed E-state index contributed by atoms with van der Waals surface area (Å²) in [6.07, 6.45) is -1.90. The Morgan fingerprint density at radius 1 is 1.16 bits per heavy atom. The number of rotatable bonds is 7. The number of alkyl halides is 3. The van der Waals surface area contributed by atoms with E-state index in [2.05, 4.69) is 26.7 Å². The number of carbonyl (C=O) groups excluding carboxylic acids is 1. The summed E-state index contributed by atoms with van der Waals surface area (Å²) in [4.78, 5) is 28.5. The maximum atomic E-state index is 14.8. The van der Waals surface area contributed by atoms with Crippen molar-refractivity contribution in [1.29, 1.82) is 0 Å². The lowest BCUT2D eigenvalue weighted by Gasteiger charge is -2.33. The lowest BCUT2D eigenvalue weighted by molar-refractivity contribution is -0.140. The van der Waals surface area contributed by atoms with E-state index in [1.54, 1.807) is 14.1 Å². The summed E-state index contributed by atoms with van der Waals surface area (Å²) in [5.74, 6) is 5.79. The van der Waals surface area contributed by atoms with Gasteiger partial charge in [0.25, 0.3) is 12.0 Å². The normalized spacial score (nSPS) is 23.4. The van der Waals surface area contributed by atoms with E-state index in [-0.39, 0.29) is 60.2 Å². The van der Waals surface area contributed by atoms with E-state index in [1.165, 1.54) is 17.0 Å². The zero-order valence-electron chi connectivity index (χ0n) is 31.7. The van der Waals surface area contributed by atoms with Crippen LogP contribution in [0, 0.1) is 30.6 Å². The van der Waals surface area contributed by atoms with Crippen molar-refractivity contribution in [2.75, 3.05) is 51.0 Å².